The molecule has 0 N–H and O–H groups in total. The highest BCUT2D eigenvalue weighted by Crippen LogP contribution is 2.24. The summed E-state index contributed by atoms with van der Waals surface area (Å²) in [5.41, 5.74) is 2.20. The summed E-state index contributed by atoms with van der Waals surface area (Å²) in [6, 6.07) is 2.05. The van der Waals surface area contributed by atoms with Gasteiger partial charge in [0.05, 0.1) is 11.6 Å². The van der Waals surface area contributed by atoms with Crippen LogP contribution in [0.5, 0.6) is 0 Å². The van der Waals surface area contributed by atoms with Gasteiger partial charge in [-0.05, 0) is 36.5 Å². The molecule has 1 rings (SSSR count). The van der Waals surface area contributed by atoms with Crippen molar-refractivity contribution in [2.75, 3.05) is 11.5 Å². The zero-order valence-corrected chi connectivity index (χ0v) is 10.6. The van der Waals surface area contributed by atoms with Crippen LogP contribution in [0.3, 0.4) is 0 Å². The highest BCUT2D eigenvalue weighted by atomic mass is 35.5. The average Bonchev–Trinajstić information content (AvgIpc) is 2.21. The third-order valence-electron chi connectivity index (χ3n) is 1.95. The first-order chi connectivity index (χ1) is 6.79. The quantitative estimate of drug-likeness (QED) is 0.370. The van der Waals surface area contributed by atoms with Crippen molar-refractivity contribution in [3.05, 3.63) is 23.5 Å². The lowest BCUT2D eigenvalue weighted by atomic mass is 10.2. The lowest BCUT2D eigenvalue weighted by Gasteiger charge is -2.07. The zero-order chi connectivity index (χ0) is 10.4. The zero-order valence-electron chi connectivity index (χ0n) is 8.16. The van der Waals surface area contributed by atoms with Crippen molar-refractivity contribution in [3.8, 4) is 0 Å². The minimum absolute atomic E-state index is 0.493. The van der Waals surface area contributed by atoms with E-state index in [4.69, 9.17) is 11.6 Å². The summed E-state index contributed by atoms with van der Waals surface area (Å²) in [5, 5.41) is 0. The first-order valence-electron chi connectivity index (χ1n) is 4.53. The Morgan fingerprint density at radius 2 is 2.36 bits per heavy atom. The number of hydrogen-bond donors (Lipinski definition) is 1. The van der Waals surface area contributed by atoms with Gasteiger partial charge in [-0.25, -0.2) is 0 Å². The molecule has 4 heteroatoms. The molecule has 1 aromatic rings. The number of rotatable bonds is 5. The van der Waals surface area contributed by atoms with Crippen LogP contribution in [-0.4, -0.2) is 16.5 Å². The Labute approximate surface area is 100 Å². The van der Waals surface area contributed by atoms with Gasteiger partial charge in [0.25, 0.3) is 0 Å². The molecule has 0 radical (unpaired) electrons. The SMILES string of the molecule is Cc1c(SCCCS)ccnc1CCl. The smallest absolute Gasteiger partial charge is 0.0650 e. The number of aromatic nitrogens is 1. The Kier molecular flexibility index (Phi) is 5.75. The molecule has 0 bridgehead atoms. The lowest BCUT2D eigenvalue weighted by molar-refractivity contribution is 1.07. The van der Waals surface area contributed by atoms with Crippen LogP contribution in [0.4, 0.5) is 0 Å². The van der Waals surface area contributed by atoms with Crippen molar-refractivity contribution >= 4 is 36.0 Å². The van der Waals surface area contributed by atoms with Crippen molar-refractivity contribution < 1.29 is 0 Å². The number of thioether (sulfide) groups is 1. The second-order valence-corrected chi connectivity index (χ2v) is 4.79. The van der Waals surface area contributed by atoms with Crippen LogP contribution in [0.15, 0.2) is 17.2 Å². The van der Waals surface area contributed by atoms with Gasteiger partial charge in [0.2, 0.25) is 0 Å². The number of pyridine rings is 1. The van der Waals surface area contributed by atoms with Crippen LogP contribution in [-0.2, 0) is 5.88 Å². The Morgan fingerprint density at radius 3 is 3.00 bits per heavy atom. The molecule has 1 aromatic heterocycles. The van der Waals surface area contributed by atoms with Crippen LogP contribution >= 0.6 is 36.0 Å². The van der Waals surface area contributed by atoms with E-state index in [9.17, 15) is 0 Å². The van der Waals surface area contributed by atoms with Crippen LogP contribution in [0.1, 0.15) is 17.7 Å². The maximum absolute atomic E-state index is 5.78. The summed E-state index contributed by atoms with van der Waals surface area (Å²) in [7, 11) is 0. The van der Waals surface area contributed by atoms with Crippen LogP contribution in [0.25, 0.3) is 0 Å². The minimum Gasteiger partial charge on any atom is -0.260 e. The number of nitrogens with zero attached hydrogens (tertiary/aromatic N) is 1. The summed E-state index contributed by atoms with van der Waals surface area (Å²) < 4.78 is 0. The Hall–Kier alpha value is 0.140. The van der Waals surface area contributed by atoms with E-state index in [1.54, 1.807) is 0 Å². The van der Waals surface area contributed by atoms with Crippen molar-refractivity contribution in [1.29, 1.82) is 0 Å². The predicted octanol–water partition coefficient (Wildman–Crippen LogP) is 3.54. The van der Waals surface area contributed by atoms with Gasteiger partial charge in [-0.1, -0.05) is 0 Å². The molecular weight excluding hydrogens is 234 g/mol. The fourth-order valence-electron chi connectivity index (χ4n) is 1.10. The number of hydrogen-bond acceptors (Lipinski definition) is 3. The molecule has 0 aromatic carbocycles. The molecule has 1 heterocycles. The van der Waals surface area contributed by atoms with Crippen LogP contribution < -0.4 is 0 Å². The minimum atomic E-state index is 0.493. The number of alkyl halides is 1. The molecule has 0 aliphatic rings. The van der Waals surface area contributed by atoms with Crippen LogP contribution in [0, 0.1) is 6.92 Å². The molecule has 0 fully saturated rings. The monoisotopic (exact) mass is 247 g/mol. The van der Waals surface area contributed by atoms with Crippen molar-refractivity contribution in [3.63, 3.8) is 0 Å². The van der Waals surface area contributed by atoms with E-state index < -0.39 is 0 Å². The Morgan fingerprint density at radius 1 is 1.57 bits per heavy atom. The van der Waals surface area contributed by atoms with E-state index in [1.165, 1.54) is 10.5 Å². The van der Waals surface area contributed by atoms with Gasteiger partial charge < -0.3 is 0 Å². The molecule has 78 valence electrons. The summed E-state index contributed by atoms with van der Waals surface area (Å²) in [4.78, 5) is 5.51. The molecule has 14 heavy (non-hydrogen) atoms. The van der Waals surface area contributed by atoms with Gasteiger partial charge in [-0.3, -0.25) is 4.98 Å². The van der Waals surface area contributed by atoms with E-state index in [1.807, 2.05) is 18.0 Å². The maximum atomic E-state index is 5.78. The average molecular weight is 248 g/mol. The second-order valence-electron chi connectivity index (χ2n) is 2.94. The summed E-state index contributed by atoms with van der Waals surface area (Å²) in [6.07, 6.45) is 2.96. The van der Waals surface area contributed by atoms with Crippen molar-refractivity contribution in [2.24, 2.45) is 0 Å². The van der Waals surface area contributed by atoms with E-state index in [0.29, 0.717) is 5.88 Å². The Bertz CT molecular complexity index is 291. The van der Waals surface area contributed by atoms with E-state index in [2.05, 4.69) is 30.6 Å². The molecule has 1 nitrogen and oxygen atoms in total. The molecule has 0 spiro atoms. The molecule has 0 amide bonds. The summed E-state index contributed by atoms with van der Waals surface area (Å²) in [5.74, 6) is 2.54. The molecule has 0 aliphatic heterocycles. The van der Waals surface area contributed by atoms with E-state index in [0.717, 1.165) is 23.6 Å². The van der Waals surface area contributed by atoms with Crippen LogP contribution in [0.2, 0.25) is 0 Å². The van der Waals surface area contributed by atoms with Gasteiger partial charge in [-0.15, -0.1) is 23.4 Å². The third kappa shape index (κ3) is 3.37. The van der Waals surface area contributed by atoms with Gasteiger partial charge in [0, 0.05) is 11.1 Å². The fourth-order valence-corrected chi connectivity index (χ4v) is 2.74. The lowest BCUT2D eigenvalue weighted by Crippen LogP contribution is -1.93. The molecule has 0 saturated carbocycles. The van der Waals surface area contributed by atoms with Gasteiger partial charge in [0.1, 0.15) is 0 Å². The molecule has 0 atom stereocenters. The number of halogens is 1. The highest BCUT2D eigenvalue weighted by molar-refractivity contribution is 7.99. The van der Waals surface area contributed by atoms with Gasteiger partial charge >= 0.3 is 0 Å². The second kappa shape index (κ2) is 6.59. The van der Waals surface area contributed by atoms with E-state index in [-0.39, 0.29) is 0 Å². The van der Waals surface area contributed by atoms with E-state index >= 15 is 0 Å². The molecular formula is C10H14ClNS2. The Balaban J connectivity index is 2.66. The maximum Gasteiger partial charge on any atom is 0.0650 e. The molecule has 0 saturated heterocycles. The summed E-state index contributed by atoms with van der Waals surface area (Å²) in [6.45, 7) is 2.08. The molecule has 0 unspecified atom stereocenters. The topological polar surface area (TPSA) is 12.9 Å². The summed E-state index contributed by atoms with van der Waals surface area (Å²) >= 11 is 11.8. The number of thiol groups is 1. The first kappa shape index (κ1) is 12.2. The normalized spacial score (nSPS) is 10.5. The van der Waals surface area contributed by atoms with Gasteiger partial charge in [-0.2, -0.15) is 12.6 Å². The third-order valence-corrected chi connectivity index (χ3v) is 3.76. The molecule has 0 aliphatic carbocycles. The fraction of sp³-hybridized carbons (Fsp3) is 0.500. The largest absolute Gasteiger partial charge is 0.260 e. The van der Waals surface area contributed by atoms with Gasteiger partial charge in [0.15, 0.2) is 0 Å². The van der Waals surface area contributed by atoms with Crippen molar-refractivity contribution in [1.82, 2.24) is 4.98 Å². The predicted molar refractivity (Wildman–Crippen MR) is 67.7 cm³/mol. The first-order valence-corrected chi connectivity index (χ1v) is 6.69. The standard InChI is InChI=1S/C10H14ClNS2/c1-8-9(7-11)12-4-3-10(8)14-6-2-5-13/h3-4,13H,2,5-7H2,1H3. The van der Waals surface area contributed by atoms with Crippen molar-refractivity contribution in [2.45, 2.75) is 24.1 Å². The highest BCUT2D eigenvalue weighted by Gasteiger charge is 2.04.